The Bertz CT molecular complexity index is 575. The number of carbonyl (C=O) groups is 1. The van der Waals surface area contributed by atoms with Crippen LogP contribution in [-0.4, -0.2) is 16.5 Å². The van der Waals surface area contributed by atoms with Crippen molar-refractivity contribution in [3.8, 4) is 12.3 Å². The Hall–Kier alpha value is -0.810. The second-order valence-electron chi connectivity index (χ2n) is 9.45. The highest BCUT2D eigenvalue weighted by Crippen LogP contribution is 2.66. The molecular weight excluding hydrogens is 284 g/mol. The molecule has 4 fully saturated rings. The van der Waals surface area contributed by atoms with Crippen LogP contribution in [-0.2, 0) is 4.79 Å². The molecule has 0 spiro atoms. The molecule has 4 aliphatic carbocycles. The smallest absolute Gasteiger partial charge is 0.139 e. The van der Waals surface area contributed by atoms with Crippen molar-refractivity contribution in [2.75, 3.05) is 0 Å². The van der Waals surface area contributed by atoms with Crippen molar-refractivity contribution in [3.63, 3.8) is 0 Å². The van der Waals surface area contributed by atoms with Gasteiger partial charge in [0.2, 0.25) is 0 Å². The van der Waals surface area contributed by atoms with Gasteiger partial charge in [-0.25, -0.2) is 0 Å². The lowest BCUT2D eigenvalue weighted by atomic mass is 9.44. The summed E-state index contributed by atoms with van der Waals surface area (Å²) in [6.07, 6.45) is 14.8. The molecular formula is C21H30O2. The standard InChI is InChI=1S/C21H30O2/c1-4-21(23)12-11-19(2)14(13-21)5-6-15-16-7-8-18(22)20(16,3)10-9-17(15)19/h1,14-17,23H,5-13H2,2-3H3/t14-,15+,16+,17+,19-,20+,21-/m0/s1. The van der Waals surface area contributed by atoms with Gasteiger partial charge >= 0.3 is 0 Å². The highest BCUT2D eigenvalue weighted by atomic mass is 16.3. The largest absolute Gasteiger partial charge is 0.378 e. The molecule has 0 saturated heterocycles. The Morgan fingerprint density at radius 1 is 1.09 bits per heavy atom. The minimum atomic E-state index is -0.872. The van der Waals surface area contributed by atoms with Crippen LogP contribution in [0.3, 0.4) is 0 Å². The Labute approximate surface area is 140 Å². The maximum atomic E-state index is 12.4. The maximum Gasteiger partial charge on any atom is 0.139 e. The summed E-state index contributed by atoms with van der Waals surface area (Å²) in [6, 6.07) is 0. The van der Waals surface area contributed by atoms with Crippen LogP contribution in [0.4, 0.5) is 0 Å². The second-order valence-corrected chi connectivity index (χ2v) is 9.45. The lowest BCUT2D eigenvalue weighted by Gasteiger charge is -2.60. The molecule has 0 amide bonds. The summed E-state index contributed by atoms with van der Waals surface area (Å²) in [7, 11) is 0. The SMILES string of the molecule is C#C[C@]1(O)CC[C@@]2(C)[C@@H](CC[C@H]3[C@H]2CC[C@@]2(C)C(=O)CC[C@H]32)C1. The van der Waals surface area contributed by atoms with E-state index in [4.69, 9.17) is 6.42 Å². The predicted octanol–water partition coefficient (Wildman–Crippen LogP) is 3.96. The first-order chi connectivity index (χ1) is 10.8. The minimum absolute atomic E-state index is 0.0292. The predicted molar refractivity (Wildman–Crippen MR) is 90.5 cm³/mol. The zero-order valence-electron chi connectivity index (χ0n) is 14.6. The molecule has 4 saturated carbocycles. The minimum Gasteiger partial charge on any atom is -0.378 e. The van der Waals surface area contributed by atoms with Crippen LogP contribution in [0.2, 0.25) is 0 Å². The highest BCUT2D eigenvalue weighted by Gasteiger charge is 2.61. The molecule has 4 rings (SSSR count). The summed E-state index contributed by atoms with van der Waals surface area (Å²) in [5.41, 5.74) is -0.582. The van der Waals surface area contributed by atoms with Gasteiger partial charge < -0.3 is 5.11 Å². The Morgan fingerprint density at radius 3 is 2.61 bits per heavy atom. The van der Waals surface area contributed by atoms with Crippen LogP contribution in [0, 0.1) is 46.8 Å². The lowest BCUT2D eigenvalue weighted by Crippen LogP contribution is -2.55. The fourth-order valence-corrected chi connectivity index (χ4v) is 7.15. The molecule has 2 nitrogen and oxygen atoms in total. The van der Waals surface area contributed by atoms with Gasteiger partial charge in [-0.15, -0.1) is 6.42 Å². The number of rotatable bonds is 0. The number of terminal acetylenes is 1. The molecule has 1 N–H and O–H groups in total. The molecule has 23 heavy (non-hydrogen) atoms. The molecule has 0 bridgehead atoms. The molecule has 126 valence electrons. The topological polar surface area (TPSA) is 37.3 Å². The third-order valence-corrected chi connectivity index (χ3v) is 8.70. The van der Waals surface area contributed by atoms with Crippen molar-refractivity contribution in [2.24, 2.45) is 34.5 Å². The first-order valence-corrected chi connectivity index (χ1v) is 9.56. The van der Waals surface area contributed by atoms with E-state index in [2.05, 4.69) is 19.8 Å². The summed E-state index contributed by atoms with van der Waals surface area (Å²) >= 11 is 0. The molecule has 0 radical (unpaired) electrons. The lowest BCUT2D eigenvalue weighted by molar-refractivity contribution is -0.146. The molecule has 2 heteroatoms. The van der Waals surface area contributed by atoms with E-state index in [0.29, 0.717) is 23.0 Å². The van der Waals surface area contributed by atoms with E-state index in [1.54, 1.807) is 0 Å². The van der Waals surface area contributed by atoms with Crippen molar-refractivity contribution in [1.29, 1.82) is 0 Å². The van der Waals surface area contributed by atoms with E-state index < -0.39 is 5.60 Å². The zero-order valence-corrected chi connectivity index (χ0v) is 14.6. The van der Waals surface area contributed by atoms with E-state index in [1.807, 2.05) is 0 Å². The Balaban J connectivity index is 1.62. The Kier molecular flexibility index (Phi) is 3.31. The summed E-state index contributed by atoms with van der Waals surface area (Å²) in [4.78, 5) is 12.4. The third-order valence-electron chi connectivity index (χ3n) is 8.70. The summed E-state index contributed by atoms with van der Waals surface area (Å²) in [6.45, 7) is 4.71. The molecule has 0 aromatic rings. The van der Waals surface area contributed by atoms with Crippen LogP contribution in [0.5, 0.6) is 0 Å². The molecule has 7 atom stereocenters. The summed E-state index contributed by atoms with van der Waals surface area (Å²) < 4.78 is 0. The maximum absolute atomic E-state index is 12.4. The van der Waals surface area contributed by atoms with Gasteiger partial charge in [0.15, 0.2) is 0 Å². The normalized spacial score (nSPS) is 55.5. The number of fused-ring (bicyclic) bond motifs is 5. The quantitative estimate of drug-likeness (QED) is 0.687. The van der Waals surface area contributed by atoms with E-state index in [9.17, 15) is 9.90 Å². The first-order valence-electron chi connectivity index (χ1n) is 9.56. The first kappa shape index (κ1) is 15.7. The van der Waals surface area contributed by atoms with Crippen LogP contribution in [0.15, 0.2) is 0 Å². The van der Waals surface area contributed by atoms with Crippen molar-refractivity contribution in [1.82, 2.24) is 0 Å². The average molecular weight is 314 g/mol. The average Bonchev–Trinajstić information content (AvgIpc) is 2.84. The molecule has 0 heterocycles. The molecule has 4 aliphatic rings. The van der Waals surface area contributed by atoms with Gasteiger partial charge in [-0.05, 0) is 80.5 Å². The molecule has 0 aromatic heterocycles. The van der Waals surface area contributed by atoms with Crippen molar-refractivity contribution < 1.29 is 9.90 Å². The Morgan fingerprint density at radius 2 is 1.87 bits per heavy atom. The number of aliphatic hydroxyl groups is 1. The van der Waals surface area contributed by atoms with Crippen LogP contribution < -0.4 is 0 Å². The van der Waals surface area contributed by atoms with Crippen molar-refractivity contribution in [3.05, 3.63) is 0 Å². The van der Waals surface area contributed by atoms with Gasteiger partial charge in [-0.2, -0.15) is 0 Å². The van der Waals surface area contributed by atoms with Crippen molar-refractivity contribution >= 4 is 5.78 Å². The zero-order chi connectivity index (χ0) is 16.5. The van der Waals surface area contributed by atoms with Gasteiger partial charge in [-0.1, -0.05) is 19.8 Å². The van der Waals surface area contributed by atoms with E-state index >= 15 is 0 Å². The number of hydrogen-bond donors (Lipinski definition) is 1. The fourth-order valence-electron chi connectivity index (χ4n) is 7.15. The van der Waals surface area contributed by atoms with E-state index in [0.717, 1.165) is 50.4 Å². The molecule has 0 aromatic carbocycles. The van der Waals surface area contributed by atoms with E-state index in [-0.39, 0.29) is 5.41 Å². The van der Waals surface area contributed by atoms with Gasteiger partial charge in [-0.3, -0.25) is 4.79 Å². The van der Waals surface area contributed by atoms with Gasteiger partial charge in [0.25, 0.3) is 0 Å². The highest BCUT2D eigenvalue weighted by molar-refractivity contribution is 5.87. The monoisotopic (exact) mass is 314 g/mol. The van der Waals surface area contributed by atoms with E-state index in [1.165, 1.54) is 19.3 Å². The van der Waals surface area contributed by atoms with Gasteiger partial charge in [0, 0.05) is 11.8 Å². The van der Waals surface area contributed by atoms with Crippen LogP contribution >= 0.6 is 0 Å². The fraction of sp³-hybridized carbons (Fsp3) is 0.857. The molecule has 0 unspecified atom stereocenters. The van der Waals surface area contributed by atoms with Gasteiger partial charge in [0.1, 0.15) is 11.4 Å². The van der Waals surface area contributed by atoms with Crippen LogP contribution in [0.1, 0.15) is 71.6 Å². The van der Waals surface area contributed by atoms with Crippen LogP contribution in [0.25, 0.3) is 0 Å². The van der Waals surface area contributed by atoms with Gasteiger partial charge in [0.05, 0.1) is 0 Å². The summed E-state index contributed by atoms with van der Waals surface area (Å²) in [5.74, 6) is 5.81. The third kappa shape index (κ3) is 2.02. The summed E-state index contributed by atoms with van der Waals surface area (Å²) in [5, 5.41) is 10.6. The second kappa shape index (κ2) is 4.85. The number of ketones is 1. The number of Topliss-reactive ketones (excluding diaryl/α,β-unsaturated/α-hetero) is 1. The number of hydrogen-bond acceptors (Lipinski definition) is 2. The van der Waals surface area contributed by atoms with Crippen molar-refractivity contribution in [2.45, 2.75) is 77.2 Å². The molecule has 0 aliphatic heterocycles. The number of carbonyl (C=O) groups excluding carboxylic acids is 1.